The molecule has 0 bridgehead atoms. The van der Waals surface area contributed by atoms with Gasteiger partial charge in [-0.2, -0.15) is 0 Å². The number of nitrogens with one attached hydrogen (secondary N) is 2. The molecule has 4 aromatic rings. The van der Waals surface area contributed by atoms with Gasteiger partial charge in [0, 0.05) is 47.3 Å². The summed E-state index contributed by atoms with van der Waals surface area (Å²) in [7, 11) is 4.72. The molecule has 0 aliphatic rings. The van der Waals surface area contributed by atoms with Crippen LogP contribution in [0.5, 0.6) is 11.5 Å². The fourth-order valence-electron chi connectivity index (χ4n) is 3.82. The Morgan fingerprint density at radius 2 is 1.78 bits per heavy atom. The molecule has 0 aliphatic carbocycles. The quantitative estimate of drug-likeness (QED) is 0.256. The Morgan fingerprint density at radius 3 is 2.43 bits per heavy atom. The number of nitro groups is 1. The van der Waals surface area contributed by atoms with E-state index in [2.05, 4.69) is 15.6 Å². The highest BCUT2D eigenvalue weighted by molar-refractivity contribution is 6.02. The number of hydrogen-bond donors (Lipinski definition) is 2. The van der Waals surface area contributed by atoms with Crippen LogP contribution in [0.25, 0.3) is 22.2 Å². The van der Waals surface area contributed by atoms with E-state index in [0.717, 1.165) is 16.5 Å². The van der Waals surface area contributed by atoms with Crippen LogP contribution in [0, 0.1) is 15.5 Å². The number of aromatic nitrogens is 3. The molecule has 0 saturated heterocycles. The summed E-state index contributed by atoms with van der Waals surface area (Å²) < 4.78 is 12.5. The molecular formula is C26H28N6O5. The zero-order chi connectivity index (χ0) is 26.9. The number of para-hydroxylation sites is 1. The van der Waals surface area contributed by atoms with E-state index in [0.29, 0.717) is 17.1 Å². The number of nitrogens with zero attached hydrogens (tertiary/aromatic N) is 4. The molecule has 2 N–H and O–H groups in total. The first-order chi connectivity index (χ1) is 17.5. The Labute approximate surface area is 213 Å². The zero-order valence-corrected chi connectivity index (χ0v) is 21.4. The van der Waals surface area contributed by atoms with Crippen molar-refractivity contribution in [2.24, 2.45) is 12.5 Å². The first kappa shape index (κ1) is 25.4. The first-order valence-electron chi connectivity index (χ1n) is 11.4. The van der Waals surface area contributed by atoms with E-state index < -0.39 is 10.3 Å². The number of aryl methyl sites for hydroxylation is 1. The number of carbonyl (C=O) groups excluding carboxylic acids is 1. The molecule has 0 saturated carbocycles. The number of benzene rings is 2. The molecule has 0 aliphatic heterocycles. The van der Waals surface area contributed by atoms with Crippen molar-refractivity contribution in [3.05, 3.63) is 58.9 Å². The second-order valence-corrected chi connectivity index (χ2v) is 9.44. The predicted molar refractivity (Wildman–Crippen MR) is 142 cm³/mol. The van der Waals surface area contributed by atoms with Gasteiger partial charge < -0.3 is 24.7 Å². The topological polar surface area (TPSA) is 133 Å². The van der Waals surface area contributed by atoms with Crippen LogP contribution in [-0.4, -0.2) is 39.6 Å². The van der Waals surface area contributed by atoms with E-state index in [1.165, 1.54) is 32.5 Å². The van der Waals surface area contributed by atoms with Gasteiger partial charge in [-0.15, -0.1) is 0 Å². The van der Waals surface area contributed by atoms with Crippen LogP contribution in [0.3, 0.4) is 0 Å². The highest BCUT2D eigenvalue weighted by Gasteiger charge is 2.25. The number of carbonyl (C=O) groups is 1. The molecule has 0 spiro atoms. The fraction of sp³-hybridized carbons (Fsp3) is 0.269. The molecule has 0 atom stereocenters. The van der Waals surface area contributed by atoms with E-state index in [1.54, 1.807) is 0 Å². The Hall–Kier alpha value is -4.67. The number of nitro benzene ring substituents is 1. The van der Waals surface area contributed by atoms with E-state index in [4.69, 9.17) is 14.5 Å². The lowest BCUT2D eigenvalue weighted by atomic mass is 9.95. The van der Waals surface area contributed by atoms with Crippen LogP contribution in [-0.2, 0) is 11.8 Å². The third-order valence-electron chi connectivity index (χ3n) is 5.81. The van der Waals surface area contributed by atoms with Crippen LogP contribution in [0.15, 0.2) is 48.8 Å². The zero-order valence-electron chi connectivity index (χ0n) is 21.4. The van der Waals surface area contributed by atoms with Gasteiger partial charge in [-0.05, 0) is 6.07 Å². The Kier molecular flexibility index (Phi) is 6.71. The molecule has 2 aromatic heterocycles. The number of hydrogen-bond acceptors (Lipinski definition) is 8. The average Bonchev–Trinajstić information content (AvgIpc) is 3.20. The van der Waals surface area contributed by atoms with Gasteiger partial charge in [-0.25, -0.2) is 9.97 Å². The summed E-state index contributed by atoms with van der Waals surface area (Å²) in [5.41, 5.74) is 2.12. The number of ether oxygens (including phenoxy) is 2. The van der Waals surface area contributed by atoms with E-state index in [-0.39, 0.29) is 29.0 Å². The Balaban J connectivity index is 1.85. The molecule has 11 heteroatoms. The van der Waals surface area contributed by atoms with Crippen LogP contribution >= 0.6 is 0 Å². The van der Waals surface area contributed by atoms with Gasteiger partial charge in [0.25, 0.3) is 0 Å². The van der Waals surface area contributed by atoms with E-state index >= 15 is 0 Å². The van der Waals surface area contributed by atoms with E-state index in [1.807, 2.05) is 62.8 Å². The standard InChI is InChI=1S/C26H28N6O5/c1-26(2,3)24(33)28-18-13-27-25(29-17-11-20(32(34)35)22(37-6)12-21(17)36-5)30-23(18)16-14-31(4)19-10-8-7-9-15(16)19/h7-14H,1-6H3,(H,28,33)(H,27,29,30). The molecule has 37 heavy (non-hydrogen) atoms. The predicted octanol–water partition coefficient (Wildman–Crippen LogP) is 5.29. The minimum Gasteiger partial charge on any atom is -0.494 e. The fourth-order valence-corrected chi connectivity index (χ4v) is 3.82. The van der Waals surface area contributed by atoms with Crippen molar-refractivity contribution in [3.8, 4) is 22.8 Å². The lowest BCUT2D eigenvalue weighted by molar-refractivity contribution is -0.385. The van der Waals surface area contributed by atoms with Crippen LogP contribution < -0.4 is 20.1 Å². The highest BCUT2D eigenvalue weighted by Crippen LogP contribution is 2.39. The molecular weight excluding hydrogens is 476 g/mol. The minimum atomic E-state index is -0.637. The summed E-state index contributed by atoms with van der Waals surface area (Å²) in [5, 5.41) is 18.5. The van der Waals surface area contributed by atoms with Crippen LogP contribution in [0.2, 0.25) is 0 Å². The molecule has 0 radical (unpaired) electrons. The Bertz CT molecular complexity index is 1510. The summed E-state index contributed by atoms with van der Waals surface area (Å²) >= 11 is 0. The van der Waals surface area contributed by atoms with Crippen LogP contribution in [0.1, 0.15) is 20.8 Å². The lowest BCUT2D eigenvalue weighted by Crippen LogP contribution is -2.28. The van der Waals surface area contributed by atoms with Crippen molar-refractivity contribution in [2.75, 3.05) is 24.9 Å². The van der Waals surface area contributed by atoms with Crippen molar-refractivity contribution in [1.29, 1.82) is 0 Å². The monoisotopic (exact) mass is 504 g/mol. The van der Waals surface area contributed by atoms with Crippen LogP contribution in [0.4, 0.5) is 23.0 Å². The van der Waals surface area contributed by atoms with Crippen molar-refractivity contribution in [1.82, 2.24) is 14.5 Å². The Morgan fingerprint density at radius 1 is 1.08 bits per heavy atom. The maximum absolute atomic E-state index is 12.8. The molecule has 1 amide bonds. The van der Waals surface area contributed by atoms with Gasteiger partial charge >= 0.3 is 5.69 Å². The summed E-state index contributed by atoms with van der Waals surface area (Å²) in [6.07, 6.45) is 3.45. The SMILES string of the molecule is COc1cc(OC)c([N+](=O)[O-])cc1Nc1ncc(NC(=O)C(C)(C)C)c(-c2cn(C)c3ccccc23)n1. The molecule has 192 valence electrons. The van der Waals surface area contributed by atoms with Gasteiger partial charge in [-0.3, -0.25) is 14.9 Å². The van der Waals surface area contributed by atoms with Gasteiger partial charge in [0.1, 0.15) is 11.4 Å². The molecule has 4 rings (SSSR count). The largest absolute Gasteiger partial charge is 0.494 e. The van der Waals surface area contributed by atoms with Gasteiger partial charge in [0.2, 0.25) is 17.6 Å². The number of rotatable bonds is 7. The number of anilines is 3. The highest BCUT2D eigenvalue weighted by atomic mass is 16.6. The second-order valence-electron chi connectivity index (χ2n) is 9.44. The summed E-state index contributed by atoms with van der Waals surface area (Å²) in [5.74, 6) is 0.341. The van der Waals surface area contributed by atoms with Crippen molar-refractivity contribution >= 4 is 39.8 Å². The average molecular weight is 505 g/mol. The summed E-state index contributed by atoms with van der Waals surface area (Å²) in [4.78, 5) is 32.9. The smallest absolute Gasteiger partial charge is 0.313 e. The third-order valence-corrected chi connectivity index (χ3v) is 5.81. The normalized spacial score (nSPS) is 11.3. The molecule has 11 nitrogen and oxygen atoms in total. The molecule has 2 aromatic carbocycles. The lowest BCUT2D eigenvalue weighted by Gasteiger charge is -2.19. The first-order valence-corrected chi connectivity index (χ1v) is 11.4. The van der Waals surface area contributed by atoms with Crippen molar-refractivity contribution in [3.63, 3.8) is 0 Å². The summed E-state index contributed by atoms with van der Waals surface area (Å²) in [6, 6.07) is 10.6. The van der Waals surface area contributed by atoms with Gasteiger partial charge in [0.15, 0.2) is 0 Å². The number of amides is 1. The number of fused-ring (bicyclic) bond motifs is 1. The number of methoxy groups -OCH3 is 2. The van der Waals surface area contributed by atoms with Gasteiger partial charge in [-0.1, -0.05) is 39.0 Å². The minimum absolute atomic E-state index is 0.0602. The maximum Gasteiger partial charge on any atom is 0.313 e. The van der Waals surface area contributed by atoms with Gasteiger partial charge in [0.05, 0.1) is 36.7 Å². The molecule has 2 heterocycles. The molecule has 0 fully saturated rings. The van der Waals surface area contributed by atoms with Crippen molar-refractivity contribution < 1.29 is 19.2 Å². The molecule has 0 unspecified atom stereocenters. The van der Waals surface area contributed by atoms with Crippen molar-refractivity contribution in [2.45, 2.75) is 20.8 Å². The third kappa shape index (κ3) is 5.01. The van der Waals surface area contributed by atoms with E-state index in [9.17, 15) is 14.9 Å². The maximum atomic E-state index is 12.8. The second kappa shape index (κ2) is 9.76. The summed E-state index contributed by atoms with van der Waals surface area (Å²) in [6.45, 7) is 5.46.